The van der Waals surface area contributed by atoms with Gasteiger partial charge in [-0.15, -0.1) is 11.3 Å². The highest BCUT2D eigenvalue weighted by Crippen LogP contribution is 2.43. The number of amidine groups is 1. The zero-order valence-corrected chi connectivity index (χ0v) is 31.5. The number of hydrogen-bond donors (Lipinski definition) is 2. The number of benzene rings is 8. The molecule has 1 aliphatic rings. The van der Waals surface area contributed by atoms with Gasteiger partial charge < -0.3 is 14.3 Å². The second kappa shape index (κ2) is 12.8. The number of hydrogen-bond acceptors (Lipinski definition) is 5. The number of nitrogens with zero attached hydrogens (tertiary/aromatic N) is 2. The first-order chi connectivity index (χ1) is 28.2. The van der Waals surface area contributed by atoms with E-state index in [4.69, 9.17) is 9.41 Å². The molecule has 0 aliphatic carbocycles. The van der Waals surface area contributed by atoms with E-state index in [2.05, 4.69) is 191 Å². The summed E-state index contributed by atoms with van der Waals surface area (Å²) in [7, 11) is 0. The summed E-state index contributed by atoms with van der Waals surface area (Å²) in [4.78, 5) is 5.20. The van der Waals surface area contributed by atoms with Crippen molar-refractivity contribution >= 4 is 81.1 Å². The Labute approximate surface area is 332 Å². The monoisotopic (exact) mass is 750 g/mol. The standard InChI is InChI=1S/C51H34N4OS/c1-3-13-31(14-4-1)49-52-50(32-15-5-2-6-16-32)54-51(53-49)34-25-27-38-40-29-33(26-28-45(40)57-46(38)30-34)35-19-12-24-44-47(35)39-20-11-23-43(48(39)56-44)55-41-21-9-7-17-36(41)37-18-8-10-22-42(37)55/h1-30,49,51,53H,(H,52,54). The zero-order valence-electron chi connectivity index (χ0n) is 30.7. The second-order valence-electron chi connectivity index (χ2n) is 14.8. The van der Waals surface area contributed by atoms with E-state index < -0.39 is 0 Å². The van der Waals surface area contributed by atoms with Crippen LogP contribution in [0.2, 0.25) is 0 Å². The van der Waals surface area contributed by atoms with Gasteiger partial charge in [-0.3, -0.25) is 5.32 Å². The molecule has 270 valence electrons. The highest BCUT2D eigenvalue weighted by Gasteiger charge is 2.26. The van der Waals surface area contributed by atoms with Crippen LogP contribution in [0.15, 0.2) is 191 Å². The third-order valence-corrected chi connectivity index (χ3v) is 12.6. The first-order valence-electron chi connectivity index (χ1n) is 19.4. The fourth-order valence-electron chi connectivity index (χ4n) is 8.85. The van der Waals surface area contributed by atoms with Crippen LogP contribution < -0.4 is 10.6 Å². The zero-order chi connectivity index (χ0) is 37.5. The number of aromatic nitrogens is 1. The van der Waals surface area contributed by atoms with Gasteiger partial charge in [-0.25, -0.2) is 4.99 Å². The van der Waals surface area contributed by atoms with Gasteiger partial charge in [0.2, 0.25) is 0 Å². The van der Waals surface area contributed by atoms with Crippen LogP contribution in [-0.4, -0.2) is 10.4 Å². The Balaban J connectivity index is 0.964. The Morgan fingerprint density at radius 2 is 1.25 bits per heavy atom. The Kier molecular flexibility index (Phi) is 7.24. The molecule has 0 saturated carbocycles. The van der Waals surface area contributed by atoms with Crippen molar-refractivity contribution < 1.29 is 4.42 Å². The summed E-state index contributed by atoms with van der Waals surface area (Å²) in [5.74, 6) is 0.886. The van der Waals surface area contributed by atoms with E-state index in [0.29, 0.717) is 0 Å². The average molecular weight is 751 g/mol. The summed E-state index contributed by atoms with van der Waals surface area (Å²) in [6.07, 6.45) is -0.291. The summed E-state index contributed by atoms with van der Waals surface area (Å²) < 4.78 is 11.7. The lowest BCUT2D eigenvalue weighted by molar-refractivity contribution is 0.409. The summed E-state index contributed by atoms with van der Waals surface area (Å²) in [6.45, 7) is 0. The van der Waals surface area contributed by atoms with E-state index in [-0.39, 0.29) is 12.3 Å². The molecular formula is C51H34N4OS. The highest BCUT2D eigenvalue weighted by atomic mass is 32.1. The number of thiophene rings is 1. The maximum atomic E-state index is 6.81. The summed E-state index contributed by atoms with van der Waals surface area (Å²) in [5, 5.41) is 14.6. The Morgan fingerprint density at radius 1 is 0.526 bits per heavy atom. The lowest BCUT2D eigenvalue weighted by Crippen LogP contribution is -2.44. The molecule has 0 fully saturated rings. The predicted molar refractivity (Wildman–Crippen MR) is 238 cm³/mol. The van der Waals surface area contributed by atoms with Crippen LogP contribution in [0.4, 0.5) is 0 Å². The van der Waals surface area contributed by atoms with Crippen molar-refractivity contribution in [2.45, 2.75) is 12.3 Å². The number of aliphatic imine (C=N–C) groups is 1. The van der Waals surface area contributed by atoms with Crippen molar-refractivity contribution in [2.75, 3.05) is 0 Å². The molecule has 3 aromatic heterocycles. The van der Waals surface area contributed by atoms with Crippen molar-refractivity contribution in [3.8, 4) is 16.8 Å². The fraction of sp³-hybridized carbons (Fsp3) is 0.0392. The summed E-state index contributed by atoms with van der Waals surface area (Å²) in [5.41, 5.74) is 10.9. The van der Waals surface area contributed by atoms with Gasteiger partial charge >= 0.3 is 0 Å². The van der Waals surface area contributed by atoms with Crippen molar-refractivity contribution in [2.24, 2.45) is 4.99 Å². The molecule has 4 heterocycles. The molecule has 57 heavy (non-hydrogen) atoms. The normalized spacial score (nSPS) is 15.9. The minimum Gasteiger partial charge on any atom is -0.454 e. The van der Waals surface area contributed by atoms with E-state index in [1.54, 1.807) is 0 Å². The molecule has 0 bridgehead atoms. The molecule has 0 spiro atoms. The van der Waals surface area contributed by atoms with Gasteiger partial charge in [-0.2, -0.15) is 0 Å². The maximum absolute atomic E-state index is 6.81. The van der Waals surface area contributed by atoms with Gasteiger partial charge in [0.25, 0.3) is 0 Å². The Bertz CT molecular complexity index is 3320. The molecule has 2 N–H and O–H groups in total. The van der Waals surface area contributed by atoms with E-state index in [9.17, 15) is 0 Å². The first-order valence-corrected chi connectivity index (χ1v) is 20.2. The molecule has 8 aromatic carbocycles. The fourth-order valence-corrected chi connectivity index (χ4v) is 9.99. The SMILES string of the molecule is c1ccc(C2=NC(c3ccc4c(c3)sc3ccc(-c5cccc6oc7c(-n8c9ccccc9c9ccccc98)cccc7c56)cc34)NC(c3ccccc3)N2)cc1. The minimum atomic E-state index is -0.212. The third-order valence-electron chi connectivity index (χ3n) is 11.5. The topological polar surface area (TPSA) is 54.5 Å². The van der Waals surface area contributed by atoms with Crippen LogP contribution in [-0.2, 0) is 0 Å². The van der Waals surface area contributed by atoms with Crippen molar-refractivity contribution in [1.82, 2.24) is 15.2 Å². The van der Waals surface area contributed by atoms with Gasteiger partial charge in [0.05, 0.1) is 16.7 Å². The van der Waals surface area contributed by atoms with Crippen molar-refractivity contribution in [1.29, 1.82) is 0 Å². The lowest BCUT2D eigenvalue weighted by atomic mass is 9.97. The van der Waals surface area contributed by atoms with Crippen molar-refractivity contribution in [3.63, 3.8) is 0 Å². The Morgan fingerprint density at radius 3 is 2.05 bits per heavy atom. The van der Waals surface area contributed by atoms with Gasteiger partial charge in [0.1, 0.15) is 23.8 Å². The second-order valence-corrected chi connectivity index (χ2v) is 15.9. The summed E-state index contributed by atoms with van der Waals surface area (Å²) >= 11 is 1.83. The average Bonchev–Trinajstić information content (AvgIpc) is 3.96. The number of para-hydroxylation sites is 3. The highest BCUT2D eigenvalue weighted by molar-refractivity contribution is 7.25. The van der Waals surface area contributed by atoms with Crippen molar-refractivity contribution in [3.05, 3.63) is 199 Å². The molecule has 5 nitrogen and oxygen atoms in total. The minimum absolute atomic E-state index is 0.0793. The van der Waals surface area contributed by atoms with Crippen LogP contribution in [0.5, 0.6) is 0 Å². The molecule has 11 aromatic rings. The number of rotatable bonds is 5. The number of fused-ring (bicyclic) bond motifs is 9. The van der Waals surface area contributed by atoms with Gasteiger partial charge in [-0.05, 0) is 64.7 Å². The molecule has 0 amide bonds. The van der Waals surface area contributed by atoms with E-state index >= 15 is 0 Å². The third kappa shape index (κ3) is 5.15. The molecule has 0 radical (unpaired) electrons. The van der Waals surface area contributed by atoms with Gasteiger partial charge in [-0.1, -0.05) is 140 Å². The van der Waals surface area contributed by atoms with Gasteiger partial charge in [0.15, 0.2) is 5.58 Å². The quantitative estimate of drug-likeness (QED) is 0.184. The predicted octanol–water partition coefficient (Wildman–Crippen LogP) is 13.1. The number of nitrogens with one attached hydrogen (secondary N) is 2. The Hall–Kier alpha value is -6.99. The van der Waals surface area contributed by atoms with E-state index in [1.807, 2.05) is 17.4 Å². The molecular weight excluding hydrogens is 717 g/mol. The van der Waals surface area contributed by atoms with E-state index in [1.165, 1.54) is 53.1 Å². The molecule has 1 aliphatic heterocycles. The number of furan rings is 1. The molecule has 2 unspecified atom stereocenters. The largest absolute Gasteiger partial charge is 0.454 e. The molecule has 6 heteroatoms. The van der Waals surface area contributed by atoms with Gasteiger partial charge in [0, 0.05) is 47.3 Å². The van der Waals surface area contributed by atoms with E-state index in [0.717, 1.165) is 50.2 Å². The van der Waals surface area contributed by atoms with Crippen LogP contribution in [0.25, 0.3) is 80.7 Å². The van der Waals surface area contributed by atoms with Crippen LogP contribution in [0.1, 0.15) is 29.0 Å². The summed E-state index contributed by atoms with van der Waals surface area (Å²) in [6, 6.07) is 64.9. The smallest absolute Gasteiger partial charge is 0.159 e. The maximum Gasteiger partial charge on any atom is 0.159 e. The first kappa shape index (κ1) is 32.3. The lowest BCUT2D eigenvalue weighted by Gasteiger charge is -2.32. The van der Waals surface area contributed by atoms with Crippen LogP contribution in [0.3, 0.4) is 0 Å². The molecule has 0 saturated heterocycles. The molecule has 2 atom stereocenters. The van der Waals surface area contributed by atoms with Crippen LogP contribution >= 0.6 is 11.3 Å². The van der Waals surface area contributed by atoms with Crippen LogP contribution in [0, 0.1) is 0 Å². The molecule has 12 rings (SSSR count).